The first-order valence-corrected chi connectivity index (χ1v) is 9.47. The summed E-state index contributed by atoms with van der Waals surface area (Å²) in [6.07, 6.45) is 1.64. The Labute approximate surface area is 171 Å². The fraction of sp³-hybridized carbons (Fsp3) is 0.316. The van der Waals surface area contributed by atoms with Crippen molar-refractivity contribution < 1.29 is 14.3 Å². The van der Waals surface area contributed by atoms with Crippen LogP contribution in [-0.4, -0.2) is 56.2 Å². The van der Waals surface area contributed by atoms with E-state index in [-0.39, 0.29) is 5.91 Å². The number of hydrogen-bond donors (Lipinski definition) is 0. The minimum Gasteiger partial charge on any atom is -0.493 e. The molecule has 1 amide bonds. The van der Waals surface area contributed by atoms with Crippen LogP contribution in [0.3, 0.4) is 0 Å². The maximum absolute atomic E-state index is 13.0. The highest BCUT2D eigenvalue weighted by atomic mass is 127. The topological polar surface area (TPSA) is 78.7 Å². The number of amides is 1. The van der Waals surface area contributed by atoms with Crippen molar-refractivity contribution >= 4 is 34.3 Å². The summed E-state index contributed by atoms with van der Waals surface area (Å²) in [5, 5.41) is 9.04. The number of piperazine rings is 1. The lowest BCUT2D eigenvalue weighted by Crippen LogP contribution is -2.49. The zero-order valence-corrected chi connectivity index (χ0v) is 17.3. The number of carbonyl (C=O) groups is 1. The fourth-order valence-electron chi connectivity index (χ4n) is 2.99. The maximum atomic E-state index is 13.0. The quantitative estimate of drug-likeness (QED) is 0.629. The van der Waals surface area contributed by atoms with Gasteiger partial charge in [-0.15, -0.1) is 0 Å². The number of methoxy groups -OCH3 is 2. The van der Waals surface area contributed by atoms with Gasteiger partial charge in [-0.1, -0.05) is 0 Å². The van der Waals surface area contributed by atoms with Gasteiger partial charge in [0.1, 0.15) is 5.82 Å². The first-order valence-electron chi connectivity index (χ1n) is 8.39. The van der Waals surface area contributed by atoms with Gasteiger partial charge in [-0.3, -0.25) is 4.79 Å². The van der Waals surface area contributed by atoms with Crippen molar-refractivity contribution in [2.75, 3.05) is 45.3 Å². The molecule has 0 N–H and O–H groups in total. The molecular weight excluding hydrogens is 459 g/mol. The van der Waals surface area contributed by atoms with E-state index in [0.29, 0.717) is 48.8 Å². The summed E-state index contributed by atoms with van der Waals surface area (Å²) >= 11 is 2.14. The summed E-state index contributed by atoms with van der Waals surface area (Å²) < 4.78 is 11.4. The lowest BCUT2D eigenvalue weighted by molar-refractivity contribution is 0.0745. The van der Waals surface area contributed by atoms with Crippen molar-refractivity contribution in [3.05, 3.63) is 45.2 Å². The highest BCUT2D eigenvalue weighted by Gasteiger charge is 2.25. The highest BCUT2D eigenvalue weighted by Crippen LogP contribution is 2.32. The van der Waals surface area contributed by atoms with Crippen LogP contribution >= 0.6 is 22.6 Å². The van der Waals surface area contributed by atoms with Crippen molar-refractivity contribution in [3.63, 3.8) is 0 Å². The van der Waals surface area contributed by atoms with Crippen LogP contribution in [0.1, 0.15) is 15.9 Å². The Morgan fingerprint density at radius 2 is 1.81 bits per heavy atom. The zero-order valence-electron chi connectivity index (χ0n) is 15.1. The molecule has 0 bridgehead atoms. The Morgan fingerprint density at radius 3 is 2.44 bits per heavy atom. The molecule has 3 rings (SSSR count). The lowest BCUT2D eigenvalue weighted by atomic mass is 10.1. The molecule has 2 heterocycles. The average molecular weight is 478 g/mol. The summed E-state index contributed by atoms with van der Waals surface area (Å²) in [4.78, 5) is 21.2. The van der Waals surface area contributed by atoms with Gasteiger partial charge in [0.15, 0.2) is 11.5 Å². The van der Waals surface area contributed by atoms with E-state index in [1.165, 1.54) is 0 Å². The summed E-state index contributed by atoms with van der Waals surface area (Å²) in [7, 11) is 3.13. The Hall–Kier alpha value is -2.54. The second-order valence-corrected chi connectivity index (χ2v) is 7.14. The van der Waals surface area contributed by atoms with Crippen molar-refractivity contribution in [2.24, 2.45) is 0 Å². The maximum Gasteiger partial charge on any atom is 0.255 e. The van der Waals surface area contributed by atoms with E-state index in [9.17, 15) is 4.79 Å². The van der Waals surface area contributed by atoms with Crippen LogP contribution in [0.15, 0.2) is 30.5 Å². The Morgan fingerprint density at radius 1 is 1.15 bits per heavy atom. The van der Waals surface area contributed by atoms with Gasteiger partial charge in [0.2, 0.25) is 0 Å². The predicted octanol–water partition coefficient (Wildman–Crippen LogP) is 2.54. The molecule has 7 nitrogen and oxygen atoms in total. The summed E-state index contributed by atoms with van der Waals surface area (Å²) in [5.74, 6) is 1.88. The van der Waals surface area contributed by atoms with Crippen LogP contribution in [0.25, 0.3) is 0 Å². The second-order valence-electron chi connectivity index (χ2n) is 5.98. The number of hydrogen-bond acceptors (Lipinski definition) is 6. The monoisotopic (exact) mass is 478 g/mol. The van der Waals surface area contributed by atoms with Gasteiger partial charge >= 0.3 is 0 Å². The van der Waals surface area contributed by atoms with Crippen molar-refractivity contribution in [3.8, 4) is 17.6 Å². The molecule has 1 aromatic carbocycles. The summed E-state index contributed by atoms with van der Waals surface area (Å²) in [6.45, 7) is 2.50. The van der Waals surface area contributed by atoms with Crippen LogP contribution in [0.5, 0.6) is 11.5 Å². The smallest absolute Gasteiger partial charge is 0.255 e. The number of aromatic nitrogens is 1. The number of pyridine rings is 1. The average Bonchev–Trinajstić information content (AvgIpc) is 2.73. The van der Waals surface area contributed by atoms with Crippen molar-refractivity contribution in [1.29, 1.82) is 5.26 Å². The van der Waals surface area contributed by atoms with Crippen LogP contribution < -0.4 is 14.4 Å². The molecule has 0 unspecified atom stereocenters. The van der Waals surface area contributed by atoms with Gasteiger partial charge in [0, 0.05) is 35.9 Å². The van der Waals surface area contributed by atoms with Gasteiger partial charge in [-0.25, -0.2) is 4.98 Å². The molecule has 1 saturated heterocycles. The van der Waals surface area contributed by atoms with E-state index in [2.05, 4.69) is 38.5 Å². The van der Waals surface area contributed by atoms with Gasteiger partial charge in [-0.2, -0.15) is 5.26 Å². The molecule has 1 aliphatic heterocycles. The molecular formula is C19H19IN4O3. The molecule has 0 atom stereocenters. The number of halogens is 1. The number of ether oxygens (including phenoxy) is 2. The van der Waals surface area contributed by atoms with E-state index < -0.39 is 0 Å². The summed E-state index contributed by atoms with van der Waals surface area (Å²) in [5.41, 5.74) is 1.18. The Balaban J connectivity index is 1.72. The summed E-state index contributed by atoms with van der Waals surface area (Å²) in [6, 6.07) is 9.12. The second kappa shape index (κ2) is 8.43. The molecule has 1 aromatic heterocycles. The number of benzene rings is 1. The van der Waals surface area contributed by atoms with Crippen LogP contribution in [0, 0.1) is 14.9 Å². The van der Waals surface area contributed by atoms with Crippen molar-refractivity contribution in [2.45, 2.75) is 0 Å². The molecule has 1 aliphatic rings. The third-order valence-electron chi connectivity index (χ3n) is 4.47. The minimum atomic E-state index is -0.0289. The largest absolute Gasteiger partial charge is 0.493 e. The molecule has 140 valence electrons. The molecule has 1 fully saturated rings. The lowest BCUT2D eigenvalue weighted by Gasteiger charge is -2.35. The number of carbonyl (C=O) groups excluding carboxylic acids is 1. The fourth-order valence-corrected chi connectivity index (χ4v) is 3.66. The highest BCUT2D eigenvalue weighted by molar-refractivity contribution is 14.1. The molecule has 2 aromatic rings. The third-order valence-corrected chi connectivity index (χ3v) is 5.36. The molecule has 0 radical (unpaired) electrons. The van der Waals surface area contributed by atoms with Crippen LogP contribution in [0.2, 0.25) is 0 Å². The minimum absolute atomic E-state index is 0.0289. The van der Waals surface area contributed by atoms with Gasteiger partial charge < -0.3 is 19.3 Å². The molecule has 8 heteroatoms. The SMILES string of the molecule is COc1cc(I)c(C(=O)N2CCN(c3cc(C#N)ccn3)CC2)cc1OC. The first kappa shape index (κ1) is 19.2. The van der Waals surface area contributed by atoms with Gasteiger partial charge in [-0.05, 0) is 46.9 Å². The standard InChI is InChI=1S/C19H19IN4O3/c1-26-16-10-14(15(20)11-17(16)27-2)19(25)24-7-5-23(6-8-24)18-9-13(12-21)3-4-22-18/h3-4,9-11H,5-8H2,1-2H3. The number of nitriles is 1. The number of rotatable bonds is 4. The normalized spacial score (nSPS) is 13.9. The molecule has 0 spiro atoms. The van der Waals surface area contributed by atoms with E-state index >= 15 is 0 Å². The number of anilines is 1. The molecule has 0 saturated carbocycles. The molecule has 27 heavy (non-hydrogen) atoms. The first-order chi connectivity index (χ1) is 13.1. The van der Waals surface area contributed by atoms with Gasteiger partial charge in [0.25, 0.3) is 5.91 Å². The zero-order chi connectivity index (χ0) is 19.4. The van der Waals surface area contributed by atoms with E-state index in [1.807, 2.05) is 4.90 Å². The number of nitrogens with zero attached hydrogens (tertiary/aromatic N) is 4. The predicted molar refractivity (Wildman–Crippen MR) is 109 cm³/mol. The Bertz CT molecular complexity index is 889. The van der Waals surface area contributed by atoms with Gasteiger partial charge in [0.05, 0.1) is 31.4 Å². The van der Waals surface area contributed by atoms with E-state index in [4.69, 9.17) is 14.7 Å². The molecule has 0 aliphatic carbocycles. The third kappa shape index (κ3) is 4.08. The van der Waals surface area contributed by atoms with Crippen LogP contribution in [0.4, 0.5) is 5.82 Å². The van der Waals surface area contributed by atoms with E-state index in [1.54, 1.807) is 44.7 Å². The van der Waals surface area contributed by atoms with Crippen molar-refractivity contribution in [1.82, 2.24) is 9.88 Å². The van der Waals surface area contributed by atoms with Crippen LogP contribution in [-0.2, 0) is 0 Å². The van der Waals surface area contributed by atoms with E-state index in [0.717, 1.165) is 9.39 Å². The Kier molecular flexibility index (Phi) is 6.01.